The van der Waals surface area contributed by atoms with Crippen molar-refractivity contribution in [2.24, 2.45) is 5.10 Å². The van der Waals surface area contributed by atoms with Crippen LogP contribution in [-0.2, 0) is 10.2 Å². The molecule has 2 aromatic carbocycles. The van der Waals surface area contributed by atoms with Gasteiger partial charge in [-0.15, -0.1) is 0 Å². The lowest BCUT2D eigenvalue weighted by atomic mass is 9.87. The van der Waals surface area contributed by atoms with Crippen molar-refractivity contribution >= 4 is 23.7 Å². The molecule has 1 atom stereocenters. The molecular formula is C20H21ClN2O3. The Labute approximate surface area is 158 Å². The summed E-state index contributed by atoms with van der Waals surface area (Å²) in [5.74, 6) is 0.834. The summed E-state index contributed by atoms with van der Waals surface area (Å²) in [5.41, 5.74) is 4.28. The van der Waals surface area contributed by atoms with Gasteiger partial charge in [0.2, 0.25) is 6.10 Å². The van der Waals surface area contributed by atoms with Gasteiger partial charge in [0, 0.05) is 10.6 Å². The number of hydrogen-bond donors (Lipinski definition) is 1. The Hall–Kier alpha value is -2.53. The maximum atomic E-state index is 12.3. The Bertz CT molecular complexity index is 843. The van der Waals surface area contributed by atoms with Crippen LogP contribution < -0.4 is 14.9 Å². The van der Waals surface area contributed by atoms with Crippen molar-refractivity contribution < 1.29 is 14.3 Å². The highest BCUT2D eigenvalue weighted by atomic mass is 35.5. The monoisotopic (exact) mass is 372 g/mol. The normalized spacial score (nSPS) is 16.5. The molecule has 0 aromatic heterocycles. The van der Waals surface area contributed by atoms with Gasteiger partial charge in [-0.3, -0.25) is 4.79 Å². The molecular weight excluding hydrogens is 352 g/mol. The number of carbonyl (C=O) groups is 1. The van der Waals surface area contributed by atoms with E-state index in [4.69, 9.17) is 21.1 Å². The molecule has 2 aromatic rings. The number of benzene rings is 2. The molecule has 26 heavy (non-hydrogen) atoms. The van der Waals surface area contributed by atoms with Gasteiger partial charge >= 0.3 is 0 Å². The first-order valence-corrected chi connectivity index (χ1v) is 8.74. The molecule has 0 saturated carbocycles. The van der Waals surface area contributed by atoms with Gasteiger partial charge in [0.1, 0.15) is 6.61 Å². The van der Waals surface area contributed by atoms with E-state index in [0.29, 0.717) is 16.5 Å². The van der Waals surface area contributed by atoms with Gasteiger partial charge in [0.25, 0.3) is 5.91 Å². The lowest BCUT2D eigenvalue weighted by Crippen LogP contribution is -2.42. The van der Waals surface area contributed by atoms with E-state index in [1.807, 2.05) is 36.4 Å². The molecule has 1 N–H and O–H groups in total. The molecule has 0 unspecified atom stereocenters. The molecule has 1 aliphatic heterocycles. The maximum absolute atomic E-state index is 12.3. The Balaban J connectivity index is 1.66. The average Bonchev–Trinajstić information content (AvgIpc) is 2.61. The summed E-state index contributed by atoms with van der Waals surface area (Å²) in [6, 6.07) is 13.0. The number of ether oxygens (including phenoxy) is 2. The van der Waals surface area contributed by atoms with E-state index < -0.39 is 6.10 Å². The van der Waals surface area contributed by atoms with Crippen molar-refractivity contribution in [2.45, 2.75) is 32.3 Å². The zero-order chi connectivity index (χ0) is 18.7. The molecule has 0 saturated heterocycles. The van der Waals surface area contributed by atoms with Gasteiger partial charge in [-0.05, 0) is 29.2 Å². The van der Waals surface area contributed by atoms with Crippen LogP contribution in [0.3, 0.4) is 0 Å². The van der Waals surface area contributed by atoms with Crippen molar-refractivity contribution in [1.82, 2.24) is 5.43 Å². The molecule has 0 radical (unpaired) electrons. The summed E-state index contributed by atoms with van der Waals surface area (Å²) in [6.07, 6.45) is 0.733. The Morgan fingerprint density at radius 3 is 2.73 bits per heavy atom. The molecule has 5 nitrogen and oxygen atoms in total. The third kappa shape index (κ3) is 4.17. The second kappa shape index (κ2) is 7.38. The molecule has 136 valence electrons. The summed E-state index contributed by atoms with van der Waals surface area (Å²) in [4.78, 5) is 12.3. The van der Waals surface area contributed by atoms with E-state index >= 15 is 0 Å². The molecule has 6 heteroatoms. The van der Waals surface area contributed by atoms with Crippen LogP contribution in [0.25, 0.3) is 0 Å². The number of hydrazone groups is 1. The summed E-state index contributed by atoms with van der Waals surface area (Å²) in [7, 11) is 0. The number of hydrogen-bond acceptors (Lipinski definition) is 4. The third-order valence-corrected chi connectivity index (χ3v) is 4.39. The molecule has 0 fully saturated rings. The maximum Gasteiger partial charge on any atom is 0.284 e. The van der Waals surface area contributed by atoms with Gasteiger partial charge in [-0.25, -0.2) is 5.43 Å². The highest BCUT2D eigenvalue weighted by Crippen LogP contribution is 2.36. The van der Waals surface area contributed by atoms with Crippen molar-refractivity contribution in [3.63, 3.8) is 0 Å². The van der Waals surface area contributed by atoms with E-state index in [9.17, 15) is 4.79 Å². The van der Waals surface area contributed by atoms with E-state index in [0.717, 1.165) is 11.1 Å². The van der Waals surface area contributed by atoms with Crippen LogP contribution >= 0.6 is 11.6 Å². The lowest BCUT2D eigenvalue weighted by molar-refractivity contribution is -0.130. The van der Waals surface area contributed by atoms with Gasteiger partial charge in [0.15, 0.2) is 11.5 Å². The van der Waals surface area contributed by atoms with Gasteiger partial charge in [-0.2, -0.15) is 5.10 Å². The lowest BCUT2D eigenvalue weighted by Gasteiger charge is -2.27. The van der Waals surface area contributed by atoms with Crippen molar-refractivity contribution in [2.75, 3.05) is 6.61 Å². The van der Waals surface area contributed by atoms with E-state index in [1.54, 1.807) is 6.07 Å². The smallest absolute Gasteiger partial charge is 0.284 e. The molecule has 0 bridgehead atoms. The Morgan fingerprint density at radius 1 is 1.23 bits per heavy atom. The fourth-order valence-electron chi connectivity index (χ4n) is 2.49. The van der Waals surface area contributed by atoms with Crippen LogP contribution in [0, 0.1) is 0 Å². The van der Waals surface area contributed by atoms with Gasteiger partial charge < -0.3 is 9.47 Å². The second-order valence-corrected chi connectivity index (χ2v) is 7.49. The predicted molar refractivity (Wildman–Crippen MR) is 102 cm³/mol. The standard InChI is InChI=1S/C20H21ClN2O3/c1-20(2,3)14-8-9-16-17(10-14)26-18(12-25-16)19(24)23-22-11-13-6-4-5-7-15(13)21/h4-11,18H,12H2,1-3H3,(H,23,24)/b22-11+/t18-/m0/s1. The first-order valence-electron chi connectivity index (χ1n) is 8.36. The molecule has 3 rings (SSSR count). The van der Waals surface area contributed by atoms with Gasteiger partial charge in [0.05, 0.1) is 6.21 Å². The number of fused-ring (bicyclic) bond motifs is 1. The van der Waals surface area contributed by atoms with Crippen LogP contribution in [0.15, 0.2) is 47.6 Å². The van der Waals surface area contributed by atoms with E-state index in [2.05, 4.69) is 31.3 Å². The number of nitrogens with zero attached hydrogens (tertiary/aromatic N) is 1. The quantitative estimate of drug-likeness (QED) is 0.656. The van der Waals surface area contributed by atoms with Crippen molar-refractivity contribution in [1.29, 1.82) is 0 Å². The van der Waals surface area contributed by atoms with Crippen LogP contribution in [0.2, 0.25) is 5.02 Å². The summed E-state index contributed by atoms with van der Waals surface area (Å²) >= 11 is 6.05. The van der Waals surface area contributed by atoms with Gasteiger partial charge in [-0.1, -0.05) is 56.6 Å². The third-order valence-electron chi connectivity index (χ3n) is 4.05. The highest BCUT2D eigenvalue weighted by molar-refractivity contribution is 6.33. The zero-order valence-electron chi connectivity index (χ0n) is 15.0. The van der Waals surface area contributed by atoms with Crippen LogP contribution in [-0.4, -0.2) is 24.8 Å². The SMILES string of the molecule is CC(C)(C)c1ccc2c(c1)O[C@H](C(=O)N/N=C/c1ccccc1Cl)CO2. The first kappa shape index (κ1) is 18.3. The molecule has 1 heterocycles. The summed E-state index contributed by atoms with van der Waals surface area (Å²) in [6.45, 7) is 6.49. The first-order chi connectivity index (χ1) is 12.3. The summed E-state index contributed by atoms with van der Waals surface area (Å²) < 4.78 is 11.5. The molecule has 0 spiro atoms. The van der Waals surface area contributed by atoms with E-state index in [1.165, 1.54) is 6.21 Å². The number of carbonyl (C=O) groups excluding carboxylic acids is 1. The average molecular weight is 373 g/mol. The topological polar surface area (TPSA) is 59.9 Å². The second-order valence-electron chi connectivity index (χ2n) is 7.08. The van der Waals surface area contributed by atoms with Crippen LogP contribution in [0.5, 0.6) is 11.5 Å². The molecule has 1 aliphatic rings. The Kier molecular flexibility index (Phi) is 5.18. The van der Waals surface area contributed by atoms with Crippen molar-refractivity contribution in [3.8, 4) is 11.5 Å². The zero-order valence-corrected chi connectivity index (χ0v) is 15.7. The molecule has 0 aliphatic carbocycles. The number of halogens is 1. The minimum atomic E-state index is -0.763. The van der Waals surface area contributed by atoms with Crippen LogP contribution in [0.4, 0.5) is 0 Å². The van der Waals surface area contributed by atoms with Crippen molar-refractivity contribution in [3.05, 3.63) is 58.6 Å². The predicted octanol–water partition coefficient (Wildman–Crippen LogP) is 3.93. The number of rotatable bonds is 3. The summed E-state index contributed by atoms with van der Waals surface area (Å²) in [5, 5.41) is 4.51. The molecule has 1 amide bonds. The highest BCUT2D eigenvalue weighted by Gasteiger charge is 2.28. The minimum absolute atomic E-state index is 0.0210. The minimum Gasteiger partial charge on any atom is -0.485 e. The fourth-order valence-corrected chi connectivity index (χ4v) is 2.67. The number of nitrogens with one attached hydrogen (secondary N) is 1. The Morgan fingerprint density at radius 2 is 2.00 bits per heavy atom. The van der Waals surface area contributed by atoms with Crippen LogP contribution in [0.1, 0.15) is 31.9 Å². The number of amides is 1. The fraction of sp³-hybridized carbons (Fsp3) is 0.300. The largest absolute Gasteiger partial charge is 0.485 e. The van der Waals surface area contributed by atoms with E-state index in [-0.39, 0.29) is 17.9 Å².